The Morgan fingerprint density at radius 1 is 1.00 bits per heavy atom. The molecule has 3 heterocycles. The van der Waals surface area contributed by atoms with Gasteiger partial charge in [-0.25, -0.2) is 0 Å². The van der Waals surface area contributed by atoms with Crippen molar-refractivity contribution in [2.75, 3.05) is 70.1 Å². The number of amides is 3. The summed E-state index contributed by atoms with van der Waals surface area (Å²) in [5.41, 5.74) is 7.59. The lowest BCUT2D eigenvalue weighted by Crippen LogP contribution is -2.53. The molecular formula is C26H33F3N6O3S. The van der Waals surface area contributed by atoms with Crippen LogP contribution in [0.15, 0.2) is 30.3 Å². The number of nitrogens with two attached hydrogens (primary N) is 1. The van der Waals surface area contributed by atoms with Crippen molar-refractivity contribution in [1.29, 1.82) is 0 Å². The van der Waals surface area contributed by atoms with Gasteiger partial charge in [0.15, 0.2) is 0 Å². The summed E-state index contributed by atoms with van der Waals surface area (Å²) in [6.07, 6.45) is -4.34. The van der Waals surface area contributed by atoms with Crippen molar-refractivity contribution >= 4 is 39.7 Å². The number of nitrogens with one attached hydrogen (secondary N) is 1. The van der Waals surface area contributed by atoms with E-state index in [0.29, 0.717) is 41.4 Å². The third-order valence-corrected chi connectivity index (χ3v) is 8.26. The third kappa shape index (κ3) is 7.08. The molecule has 0 aliphatic carbocycles. The van der Waals surface area contributed by atoms with Crippen LogP contribution in [0.4, 0.5) is 23.9 Å². The van der Waals surface area contributed by atoms with Crippen molar-refractivity contribution in [2.24, 2.45) is 5.73 Å². The van der Waals surface area contributed by atoms with Crippen LogP contribution >= 0.6 is 11.3 Å². The first-order valence-electron chi connectivity index (χ1n) is 12.8. The predicted molar refractivity (Wildman–Crippen MR) is 145 cm³/mol. The molecule has 2 fully saturated rings. The molecule has 9 nitrogen and oxygen atoms in total. The monoisotopic (exact) mass is 566 g/mol. The molecule has 0 unspecified atom stereocenters. The largest absolute Gasteiger partial charge is 0.471 e. The Balaban J connectivity index is 1.46. The molecule has 0 atom stereocenters. The number of halogens is 3. The average molecular weight is 567 g/mol. The standard InChI is InChI=1S/C26H33F3N6O3S/c1-32-9-7-18(8-10-32)35(25(38)26(27,28)29)16-22(36)31-23-6-5-21(39-23)17-3-4-20(19(15-17)24(30)37)34-13-11-33(2)12-14-34/h3-6,15,18H,7-14,16H2,1-2H3,(H2,30,37)(H,31,36). The van der Waals surface area contributed by atoms with Crippen LogP contribution in [0.1, 0.15) is 23.2 Å². The number of carbonyl (C=O) groups excluding carboxylic acids is 3. The number of piperazine rings is 1. The van der Waals surface area contributed by atoms with Gasteiger partial charge in [-0.3, -0.25) is 14.4 Å². The van der Waals surface area contributed by atoms with E-state index in [4.69, 9.17) is 5.73 Å². The third-order valence-electron chi connectivity index (χ3n) is 7.21. The fourth-order valence-corrected chi connectivity index (χ4v) is 5.86. The quantitative estimate of drug-likeness (QED) is 0.535. The molecule has 0 saturated carbocycles. The van der Waals surface area contributed by atoms with Crippen molar-refractivity contribution < 1.29 is 27.6 Å². The Labute approximate surface area is 229 Å². The molecule has 212 valence electrons. The highest BCUT2D eigenvalue weighted by Crippen LogP contribution is 2.34. The number of likely N-dealkylation sites (tertiary alicyclic amines) is 1. The van der Waals surface area contributed by atoms with E-state index >= 15 is 0 Å². The van der Waals surface area contributed by atoms with Crippen molar-refractivity contribution in [2.45, 2.75) is 25.1 Å². The fourth-order valence-electron chi connectivity index (χ4n) is 4.94. The number of hydrogen-bond donors (Lipinski definition) is 2. The summed E-state index contributed by atoms with van der Waals surface area (Å²) in [5, 5.41) is 3.04. The molecule has 2 aliphatic rings. The number of likely N-dealkylation sites (N-methyl/N-ethyl adjacent to an activating group) is 1. The number of primary amides is 1. The van der Waals surface area contributed by atoms with Crippen molar-refractivity contribution in [3.8, 4) is 10.4 Å². The molecule has 39 heavy (non-hydrogen) atoms. The van der Waals surface area contributed by atoms with Crippen LogP contribution in [-0.2, 0) is 9.59 Å². The van der Waals surface area contributed by atoms with Gasteiger partial charge < -0.3 is 30.7 Å². The van der Waals surface area contributed by atoms with Crippen LogP contribution in [0, 0.1) is 0 Å². The molecule has 0 bridgehead atoms. The van der Waals surface area contributed by atoms with Crippen LogP contribution in [0.2, 0.25) is 0 Å². The molecule has 4 rings (SSSR count). The van der Waals surface area contributed by atoms with E-state index in [9.17, 15) is 27.6 Å². The Morgan fingerprint density at radius 3 is 2.26 bits per heavy atom. The number of thiophene rings is 1. The minimum atomic E-state index is -5.06. The maximum atomic E-state index is 13.3. The van der Waals surface area contributed by atoms with E-state index in [1.807, 2.05) is 31.1 Å². The summed E-state index contributed by atoms with van der Waals surface area (Å²) in [6, 6.07) is 8.19. The topological polar surface area (TPSA) is 102 Å². The minimum Gasteiger partial charge on any atom is -0.368 e. The highest BCUT2D eigenvalue weighted by atomic mass is 32.1. The van der Waals surface area contributed by atoms with E-state index in [2.05, 4.69) is 15.1 Å². The Morgan fingerprint density at radius 2 is 1.64 bits per heavy atom. The molecule has 3 N–H and O–H groups in total. The molecule has 2 aromatic rings. The van der Waals surface area contributed by atoms with Gasteiger partial charge in [0.05, 0.1) is 10.6 Å². The number of anilines is 2. The number of nitrogens with zero attached hydrogens (tertiary/aromatic N) is 4. The number of hydrogen-bond acceptors (Lipinski definition) is 7. The highest BCUT2D eigenvalue weighted by Gasteiger charge is 2.45. The molecule has 1 aromatic carbocycles. The van der Waals surface area contributed by atoms with E-state index in [0.717, 1.165) is 42.3 Å². The van der Waals surface area contributed by atoms with E-state index in [-0.39, 0.29) is 0 Å². The van der Waals surface area contributed by atoms with E-state index in [1.165, 1.54) is 11.3 Å². The van der Waals surface area contributed by atoms with Gasteiger partial charge in [0.1, 0.15) is 6.54 Å². The number of benzene rings is 1. The Hall–Kier alpha value is -3.16. The second kappa shape index (κ2) is 11.9. The first-order chi connectivity index (χ1) is 18.4. The van der Waals surface area contributed by atoms with Crippen LogP contribution < -0.4 is 16.0 Å². The number of alkyl halides is 3. The SMILES string of the molecule is CN1CCC(N(CC(=O)Nc2ccc(-c3ccc(N4CCN(C)CC4)c(C(N)=O)c3)s2)C(=O)C(F)(F)F)CC1. The zero-order chi connectivity index (χ0) is 28.3. The summed E-state index contributed by atoms with van der Waals surface area (Å²) in [7, 11) is 3.91. The summed E-state index contributed by atoms with van der Waals surface area (Å²) in [5.74, 6) is -3.25. The fraction of sp³-hybridized carbons (Fsp3) is 0.500. The van der Waals surface area contributed by atoms with Gasteiger partial charge >= 0.3 is 12.1 Å². The van der Waals surface area contributed by atoms with E-state index in [1.54, 1.807) is 18.2 Å². The second-order valence-electron chi connectivity index (χ2n) is 10.1. The average Bonchev–Trinajstić information content (AvgIpc) is 3.35. The molecule has 3 amide bonds. The zero-order valence-electron chi connectivity index (χ0n) is 22.0. The zero-order valence-corrected chi connectivity index (χ0v) is 22.8. The van der Waals surface area contributed by atoms with E-state index < -0.39 is 36.5 Å². The highest BCUT2D eigenvalue weighted by molar-refractivity contribution is 7.19. The molecule has 0 radical (unpaired) electrons. The van der Waals surface area contributed by atoms with Crippen LogP contribution in [0.5, 0.6) is 0 Å². The Kier molecular flexibility index (Phi) is 8.82. The van der Waals surface area contributed by atoms with Crippen LogP contribution in [0.3, 0.4) is 0 Å². The summed E-state index contributed by atoms with van der Waals surface area (Å²) in [6.45, 7) is 3.70. The first-order valence-corrected chi connectivity index (χ1v) is 13.6. The van der Waals surface area contributed by atoms with Crippen LogP contribution in [-0.4, -0.2) is 105 Å². The van der Waals surface area contributed by atoms with Gasteiger partial charge in [0, 0.05) is 42.8 Å². The summed E-state index contributed by atoms with van der Waals surface area (Å²) in [4.78, 5) is 44.8. The van der Waals surface area contributed by atoms with Crippen LogP contribution in [0.25, 0.3) is 10.4 Å². The number of piperidine rings is 1. The normalized spacial score (nSPS) is 17.7. The van der Waals surface area contributed by atoms with Gasteiger partial charge in [0.25, 0.3) is 5.91 Å². The van der Waals surface area contributed by atoms with Gasteiger partial charge in [0.2, 0.25) is 5.91 Å². The van der Waals surface area contributed by atoms with Crippen molar-refractivity contribution in [3.05, 3.63) is 35.9 Å². The molecule has 1 aromatic heterocycles. The maximum absolute atomic E-state index is 13.3. The molecular weight excluding hydrogens is 533 g/mol. The van der Waals surface area contributed by atoms with Gasteiger partial charge in [-0.2, -0.15) is 13.2 Å². The lowest BCUT2D eigenvalue weighted by Gasteiger charge is -2.37. The predicted octanol–water partition coefficient (Wildman–Crippen LogP) is 2.69. The Bertz CT molecular complexity index is 1200. The first kappa shape index (κ1) is 28.8. The summed E-state index contributed by atoms with van der Waals surface area (Å²) < 4.78 is 39.9. The number of carbonyl (C=O) groups is 3. The van der Waals surface area contributed by atoms with Crippen molar-refractivity contribution in [1.82, 2.24) is 14.7 Å². The van der Waals surface area contributed by atoms with Gasteiger partial charge in [-0.05, 0) is 69.9 Å². The van der Waals surface area contributed by atoms with Gasteiger partial charge in [-0.1, -0.05) is 6.07 Å². The summed E-state index contributed by atoms with van der Waals surface area (Å²) >= 11 is 1.22. The molecule has 0 spiro atoms. The maximum Gasteiger partial charge on any atom is 0.471 e. The van der Waals surface area contributed by atoms with Gasteiger partial charge in [-0.15, -0.1) is 11.3 Å². The molecule has 13 heteroatoms. The molecule has 2 saturated heterocycles. The smallest absolute Gasteiger partial charge is 0.368 e. The minimum absolute atomic E-state index is 0.362. The number of rotatable bonds is 7. The second-order valence-corrected chi connectivity index (χ2v) is 11.1. The lowest BCUT2D eigenvalue weighted by molar-refractivity contribution is -0.188. The molecule has 2 aliphatic heterocycles. The lowest BCUT2D eigenvalue weighted by atomic mass is 10.0. The van der Waals surface area contributed by atoms with Crippen molar-refractivity contribution in [3.63, 3.8) is 0 Å².